The zero-order chi connectivity index (χ0) is 20.3. The van der Waals surface area contributed by atoms with Gasteiger partial charge in [0, 0.05) is 11.0 Å². The number of nitrogens with two attached hydrogens (primary N) is 2. The summed E-state index contributed by atoms with van der Waals surface area (Å²) in [5, 5.41) is 9.05. The molecule has 0 heterocycles. The van der Waals surface area contributed by atoms with Gasteiger partial charge in [-0.1, -0.05) is 34.1 Å². The molecule has 1 fully saturated rings. The summed E-state index contributed by atoms with van der Waals surface area (Å²) in [5.41, 5.74) is 9.92. The third-order valence-corrected chi connectivity index (χ3v) is 7.49. The van der Waals surface area contributed by atoms with Crippen LogP contribution < -0.4 is 11.5 Å². The SMILES string of the molecule is COC(=O)[C@@](N)(CSC1C(C)(C)CCCC1(C)C)C(=O)[C@@H](N)CC(=O)O. The molecule has 0 bridgehead atoms. The van der Waals surface area contributed by atoms with Crippen molar-refractivity contribution in [2.24, 2.45) is 22.3 Å². The van der Waals surface area contributed by atoms with E-state index in [-0.39, 0.29) is 21.8 Å². The highest BCUT2D eigenvalue weighted by molar-refractivity contribution is 8.00. The topological polar surface area (TPSA) is 133 Å². The molecule has 0 aromatic rings. The van der Waals surface area contributed by atoms with Crippen molar-refractivity contribution < 1.29 is 24.2 Å². The first-order chi connectivity index (χ1) is 11.8. The second kappa shape index (κ2) is 8.27. The van der Waals surface area contributed by atoms with Crippen LogP contribution in [0.15, 0.2) is 0 Å². The summed E-state index contributed by atoms with van der Waals surface area (Å²) in [6.45, 7) is 8.72. The zero-order valence-corrected chi connectivity index (χ0v) is 17.1. The van der Waals surface area contributed by atoms with Crippen LogP contribution in [0.3, 0.4) is 0 Å². The van der Waals surface area contributed by atoms with Gasteiger partial charge in [0.15, 0.2) is 11.3 Å². The molecule has 1 aliphatic carbocycles. The minimum absolute atomic E-state index is 0.00333. The Morgan fingerprint density at radius 2 is 1.73 bits per heavy atom. The van der Waals surface area contributed by atoms with Crippen LogP contribution in [0, 0.1) is 10.8 Å². The van der Waals surface area contributed by atoms with E-state index in [9.17, 15) is 14.4 Å². The van der Waals surface area contributed by atoms with Crippen LogP contribution >= 0.6 is 11.8 Å². The number of carboxylic acid groups (broad SMARTS) is 1. The van der Waals surface area contributed by atoms with Gasteiger partial charge in [-0.25, -0.2) is 4.79 Å². The molecular weight excluding hydrogens is 356 g/mol. The average Bonchev–Trinajstić information content (AvgIpc) is 2.50. The zero-order valence-electron chi connectivity index (χ0n) is 16.3. The van der Waals surface area contributed by atoms with E-state index >= 15 is 0 Å². The Hall–Kier alpha value is -1.12. The fourth-order valence-corrected chi connectivity index (χ4v) is 5.84. The monoisotopic (exact) mass is 388 g/mol. The minimum Gasteiger partial charge on any atom is -0.481 e. The molecule has 0 aliphatic heterocycles. The number of esters is 1. The molecule has 0 amide bonds. The number of methoxy groups -OCH3 is 1. The van der Waals surface area contributed by atoms with Crippen molar-refractivity contribution in [2.45, 2.75) is 70.2 Å². The number of carbonyl (C=O) groups is 3. The predicted molar refractivity (Wildman–Crippen MR) is 102 cm³/mol. The molecule has 5 N–H and O–H groups in total. The number of thioether (sulfide) groups is 1. The molecule has 1 rings (SSSR count). The van der Waals surface area contributed by atoms with E-state index in [4.69, 9.17) is 21.3 Å². The van der Waals surface area contributed by atoms with E-state index in [1.165, 1.54) is 11.8 Å². The van der Waals surface area contributed by atoms with Crippen molar-refractivity contribution in [2.75, 3.05) is 12.9 Å². The van der Waals surface area contributed by atoms with Gasteiger partial charge in [0.25, 0.3) is 0 Å². The van der Waals surface area contributed by atoms with Crippen molar-refractivity contribution in [3.05, 3.63) is 0 Å². The lowest BCUT2D eigenvalue weighted by Crippen LogP contribution is -2.63. The Labute approximate surface area is 159 Å². The maximum absolute atomic E-state index is 12.7. The van der Waals surface area contributed by atoms with Crippen LogP contribution in [0.5, 0.6) is 0 Å². The Morgan fingerprint density at radius 1 is 1.23 bits per heavy atom. The maximum Gasteiger partial charge on any atom is 0.334 e. The van der Waals surface area contributed by atoms with Gasteiger partial charge in [-0.3, -0.25) is 9.59 Å². The van der Waals surface area contributed by atoms with Crippen molar-refractivity contribution in [1.29, 1.82) is 0 Å². The molecule has 0 saturated heterocycles. The van der Waals surface area contributed by atoms with Crippen molar-refractivity contribution >= 4 is 29.5 Å². The second-order valence-electron chi connectivity index (χ2n) is 8.55. The largest absolute Gasteiger partial charge is 0.481 e. The molecule has 2 atom stereocenters. The second-order valence-corrected chi connectivity index (χ2v) is 9.65. The van der Waals surface area contributed by atoms with E-state index in [1.807, 2.05) is 0 Å². The lowest BCUT2D eigenvalue weighted by Gasteiger charge is -2.49. The Kier molecular flexibility index (Phi) is 7.29. The summed E-state index contributed by atoms with van der Waals surface area (Å²) < 4.78 is 4.73. The maximum atomic E-state index is 12.7. The Morgan fingerprint density at radius 3 is 2.15 bits per heavy atom. The van der Waals surface area contributed by atoms with E-state index in [0.717, 1.165) is 26.4 Å². The van der Waals surface area contributed by atoms with Gasteiger partial charge in [-0.15, -0.1) is 0 Å². The van der Waals surface area contributed by atoms with Crippen molar-refractivity contribution in [3.63, 3.8) is 0 Å². The van der Waals surface area contributed by atoms with E-state index in [2.05, 4.69) is 27.7 Å². The van der Waals surface area contributed by atoms with Gasteiger partial charge in [0.2, 0.25) is 0 Å². The summed E-state index contributed by atoms with van der Waals surface area (Å²) in [5.74, 6) is -2.91. The number of Topliss-reactive ketones (excluding diaryl/α,β-unsaturated/α-hetero) is 1. The number of carbonyl (C=O) groups excluding carboxylic acids is 2. The van der Waals surface area contributed by atoms with Crippen LogP contribution in [0.25, 0.3) is 0 Å². The quantitative estimate of drug-likeness (QED) is 0.421. The first-order valence-corrected chi connectivity index (χ1v) is 9.83. The predicted octanol–water partition coefficient (Wildman–Crippen LogP) is 1.57. The molecule has 0 aromatic heterocycles. The fourth-order valence-electron chi connectivity index (χ4n) is 4.01. The van der Waals surface area contributed by atoms with Crippen LogP contribution in [0.4, 0.5) is 0 Å². The molecule has 150 valence electrons. The Balaban J connectivity index is 3.05. The van der Waals surface area contributed by atoms with E-state index in [0.29, 0.717) is 0 Å². The van der Waals surface area contributed by atoms with Crippen LogP contribution in [-0.4, -0.2) is 52.5 Å². The molecule has 7 nitrogen and oxygen atoms in total. The van der Waals surface area contributed by atoms with E-state index in [1.54, 1.807) is 0 Å². The standard InChI is InChI=1S/C18H32N2O5S/c1-16(2)7-6-8-17(3,4)14(16)26-10-18(20,15(24)25-5)13(23)11(19)9-12(21)22/h11,14H,6-10,19-20H2,1-5H3,(H,21,22)/t11-,18+/m0/s1. The van der Waals surface area contributed by atoms with Crippen LogP contribution in [-0.2, 0) is 19.1 Å². The molecule has 1 aliphatic rings. The molecule has 0 radical (unpaired) electrons. The van der Waals surface area contributed by atoms with Gasteiger partial charge < -0.3 is 21.3 Å². The van der Waals surface area contributed by atoms with Crippen molar-refractivity contribution in [3.8, 4) is 0 Å². The number of ether oxygens (including phenoxy) is 1. The molecular formula is C18H32N2O5S. The minimum atomic E-state index is -1.96. The van der Waals surface area contributed by atoms with Gasteiger partial charge in [-0.05, 0) is 23.7 Å². The van der Waals surface area contributed by atoms with Crippen LogP contribution in [0.1, 0.15) is 53.4 Å². The fraction of sp³-hybridized carbons (Fsp3) is 0.833. The number of ketones is 1. The summed E-state index contributed by atoms with van der Waals surface area (Å²) in [7, 11) is 1.15. The highest BCUT2D eigenvalue weighted by Gasteiger charge is 2.50. The molecule has 0 unspecified atom stereocenters. The highest BCUT2D eigenvalue weighted by atomic mass is 32.2. The third kappa shape index (κ3) is 4.98. The summed E-state index contributed by atoms with van der Waals surface area (Å²) >= 11 is 1.48. The number of rotatable bonds is 8. The average molecular weight is 389 g/mol. The van der Waals surface area contributed by atoms with Gasteiger partial charge in [0.1, 0.15) is 0 Å². The van der Waals surface area contributed by atoms with Gasteiger partial charge in [0.05, 0.1) is 19.6 Å². The highest BCUT2D eigenvalue weighted by Crippen LogP contribution is 2.52. The van der Waals surface area contributed by atoms with Gasteiger partial charge >= 0.3 is 11.9 Å². The summed E-state index contributed by atoms with van der Waals surface area (Å²) in [6, 6.07) is -1.36. The van der Waals surface area contributed by atoms with Crippen LogP contribution in [0.2, 0.25) is 0 Å². The number of hydrogen-bond donors (Lipinski definition) is 3. The first kappa shape index (κ1) is 22.9. The smallest absolute Gasteiger partial charge is 0.334 e. The molecule has 8 heteroatoms. The molecule has 0 aromatic carbocycles. The summed E-state index contributed by atoms with van der Waals surface area (Å²) in [4.78, 5) is 35.8. The third-order valence-electron chi connectivity index (χ3n) is 5.26. The number of aliphatic carboxylic acids is 1. The lowest BCUT2D eigenvalue weighted by molar-refractivity contribution is -0.151. The molecule has 0 spiro atoms. The number of carboxylic acids is 1. The molecule has 1 saturated carbocycles. The first-order valence-electron chi connectivity index (χ1n) is 8.78. The lowest BCUT2D eigenvalue weighted by atomic mass is 9.65. The number of hydrogen-bond acceptors (Lipinski definition) is 7. The van der Waals surface area contributed by atoms with E-state index < -0.39 is 35.7 Å². The molecule has 26 heavy (non-hydrogen) atoms. The normalized spacial score (nSPS) is 22.9. The Bertz CT molecular complexity index is 548. The van der Waals surface area contributed by atoms with Gasteiger partial charge in [-0.2, -0.15) is 11.8 Å². The van der Waals surface area contributed by atoms with Crippen molar-refractivity contribution in [1.82, 2.24) is 0 Å². The summed E-state index contributed by atoms with van der Waals surface area (Å²) in [6.07, 6.45) is 2.65.